The summed E-state index contributed by atoms with van der Waals surface area (Å²) < 4.78 is 2.60. The Morgan fingerprint density at radius 1 is 0.351 bits per heavy atom. The van der Waals surface area contributed by atoms with Gasteiger partial charge < -0.3 is 0 Å². The second kappa shape index (κ2) is 20.3. The summed E-state index contributed by atoms with van der Waals surface area (Å²) in [6.07, 6.45) is 9.57. The van der Waals surface area contributed by atoms with Gasteiger partial charge in [-0.2, -0.15) is 0 Å². The van der Waals surface area contributed by atoms with E-state index in [0.717, 1.165) is 65.0 Å². The van der Waals surface area contributed by atoms with E-state index in [0.29, 0.717) is 0 Å². The van der Waals surface area contributed by atoms with Crippen LogP contribution in [-0.4, -0.2) is 15.0 Å². The van der Waals surface area contributed by atoms with Gasteiger partial charge in [-0.3, -0.25) is 15.0 Å². The van der Waals surface area contributed by atoms with Crippen LogP contribution in [0.4, 0.5) is 0 Å². The number of fused-ring (bicyclic) bond motifs is 3. The molecule has 7 aromatic carbocycles. The Morgan fingerprint density at radius 3 is 1.47 bits per heavy atom. The molecule has 0 saturated carbocycles. The summed E-state index contributed by atoms with van der Waals surface area (Å²) in [5.41, 5.74) is 22.9. The van der Waals surface area contributed by atoms with Gasteiger partial charge in [-0.15, -0.1) is 11.3 Å². The molecule has 74 heavy (non-hydrogen) atoms. The summed E-state index contributed by atoms with van der Waals surface area (Å²) in [7, 11) is 0. The van der Waals surface area contributed by atoms with Crippen molar-refractivity contribution < 1.29 is 0 Å². The van der Waals surface area contributed by atoms with Gasteiger partial charge >= 0.3 is 0 Å². The van der Waals surface area contributed by atoms with Crippen LogP contribution in [-0.2, 0) is 36.5 Å². The van der Waals surface area contributed by atoms with Gasteiger partial charge in [0.2, 0.25) is 0 Å². The average molecular weight is 978 g/mol. The second-order valence-electron chi connectivity index (χ2n) is 22.1. The van der Waals surface area contributed by atoms with Crippen molar-refractivity contribution in [2.75, 3.05) is 0 Å². The van der Waals surface area contributed by atoms with Crippen LogP contribution >= 0.6 is 11.3 Å². The SMILES string of the molecule is Cc1ccc(-c2ccc(-c3ccccc3-c3cc(CCc4ccc(-c5cc(C(C)(C)C)ccn5)cc4)cc(CCc4ccc(-c5cc(C(C)(C)C)ccn5)cc4)c3)c(-c3ccc4c(c3)sc3ccccc34)c2)nc1. The Labute approximate surface area is 441 Å². The van der Waals surface area contributed by atoms with Gasteiger partial charge in [0.1, 0.15) is 0 Å². The standard InChI is InChI=1S/C70H63N3S/c1-46-16-33-64(73-45-46)54-30-31-60(63(41-54)53-29-32-62-61-14-10-11-15-67(61)74-68(62)42-53)59-13-9-8-12-58(59)55-39-49(19-17-47-21-25-51(26-22-47)65-43-56(34-36-71-65)69(2,3)4)38-50(40-55)20-18-48-23-27-52(28-24-48)66-44-57(35-37-72-66)70(5,6)7/h8-16,21-45H,17-20H2,1-7H3. The van der Waals surface area contributed by atoms with Crippen LogP contribution in [0.5, 0.6) is 0 Å². The zero-order valence-corrected chi connectivity index (χ0v) is 44.5. The summed E-state index contributed by atoms with van der Waals surface area (Å²) in [5.74, 6) is 0. The fourth-order valence-corrected chi connectivity index (χ4v) is 11.4. The van der Waals surface area contributed by atoms with Crippen molar-refractivity contribution in [3.8, 4) is 67.2 Å². The molecule has 0 spiro atoms. The third-order valence-corrected chi connectivity index (χ3v) is 15.8. The summed E-state index contributed by atoms with van der Waals surface area (Å²) in [6, 6.07) is 70.2. The number of aromatic nitrogens is 3. The number of benzene rings is 7. The molecule has 0 bridgehead atoms. The first kappa shape index (κ1) is 48.5. The zero-order chi connectivity index (χ0) is 51.0. The van der Waals surface area contributed by atoms with E-state index in [1.54, 1.807) is 0 Å². The lowest BCUT2D eigenvalue weighted by Crippen LogP contribution is -2.11. The maximum absolute atomic E-state index is 4.88. The Hall–Kier alpha value is -7.79. The Balaban J connectivity index is 0.956. The molecular formula is C70H63N3S. The molecule has 0 unspecified atom stereocenters. The van der Waals surface area contributed by atoms with Crippen LogP contribution in [0.25, 0.3) is 87.3 Å². The van der Waals surface area contributed by atoms with Crippen LogP contribution in [0.1, 0.15) is 80.5 Å². The van der Waals surface area contributed by atoms with Crippen molar-refractivity contribution in [2.45, 2.75) is 85.0 Å². The van der Waals surface area contributed by atoms with Crippen molar-refractivity contribution >= 4 is 31.5 Å². The highest BCUT2D eigenvalue weighted by atomic mass is 32.1. The van der Waals surface area contributed by atoms with E-state index < -0.39 is 0 Å². The first-order valence-electron chi connectivity index (χ1n) is 26.1. The minimum absolute atomic E-state index is 0.0638. The van der Waals surface area contributed by atoms with Crippen molar-refractivity contribution in [3.05, 3.63) is 246 Å². The molecule has 0 N–H and O–H groups in total. The van der Waals surface area contributed by atoms with E-state index in [1.807, 2.05) is 29.9 Å². The molecule has 0 radical (unpaired) electrons. The number of thiophene rings is 1. The molecule has 11 rings (SSSR count). The number of aryl methyl sites for hydroxylation is 5. The lowest BCUT2D eigenvalue weighted by atomic mass is 9.86. The summed E-state index contributed by atoms with van der Waals surface area (Å²) in [5, 5.41) is 2.61. The molecule has 3 nitrogen and oxygen atoms in total. The highest BCUT2D eigenvalue weighted by Gasteiger charge is 2.19. The minimum Gasteiger partial charge on any atom is -0.256 e. The lowest BCUT2D eigenvalue weighted by Gasteiger charge is -2.19. The first-order valence-corrected chi connectivity index (χ1v) is 26.9. The van der Waals surface area contributed by atoms with Crippen LogP contribution in [0.2, 0.25) is 0 Å². The fraction of sp³-hybridized carbons (Fsp3) is 0.186. The second-order valence-corrected chi connectivity index (χ2v) is 23.2. The minimum atomic E-state index is 0.0638. The molecule has 0 saturated heterocycles. The van der Waals surface area contributed by atoms with Gasteiger partial charge in [0.15, 0.2) is 0 Å². The third-order valence-electron chi connectivity index (χ3n) is 14.7. The Kier molecular flexibility index (Phi) is 13.3. The maximum Gasteiger partial charge on any atom is 0.0704 e. The van der Waals surface area contributed by atoms with Gasteiger partial charge in [-0.05, 0) is 164 Å². The molecule has 0 fully saturated rings. The van der Waals surface area contributed by atoms with Crippen LogP contribution < -0.4 is 0 Å². The van der Waals surface area contributed by atoms with Gasteiger partial charge in [-0.25, -0.2) is 0 Å². The molecule has 4 heteroatoms. The highest BCUT2D eigenvalue weighted by Crippen LogP contribution is 2.43. The van der Waals surface area contributed by atoms with Gasteiger partial charge in [-0.1, -0.05) is 181 Å². The first-order chi connectivity index (χ1) is 35.8. The molecule has 0 aliphatic rings. The fourth-order valence-electron chi connectivity index (χ4n) is 10.3. The number of rotatable bonds is 12. The van der Waals surface area contributed by atoms with Crippen LogP contribution in [0.3, 0.4) is 0 Å². The van der Waals surface area contributed by atoms with E-state index in [9.17, 15) is 0 Å². The number of nitrogens with zero attached hydrogens (tertiary/aromatic N) is 3. The predicted molar refractivity (Wildman–Crippen MR) is 315 cm³/mol. The van der Waals surface area contributed by atoms with Crippen molar-refractivity contribution in [1.29, 1.82) is 0 Å². The monoisotopic (exact) mass is 977 g/mol. The molecule has 364 valence electrons. The summed E-state index contributed by atoms with van der Waals surface area (Å²) in [4.78, 5) is 14.4. The van der Waals surface area contributed by atoms with E-state index in [4.69, 9.17) is 15.0 Å². The normalized spacial score (nSPS) is 11.9. The summed E-state index contributed by atoms with van der Waals surface area (Å²) in [6.45, 7) is 15.6. The predicted octanol–water partition coefficient (Wildman–Crippen LogP) is 18.7. The third kappa shape index (κ3) is 10.5. The smallest absolute Gasteiger partial charge is 0.0704 e. The van der Waals surface area contributed by atoms with Crippen LogP contribution in [0.15, 0.2) is 207 Å². The highest BCUT2D eigenvalue weighted by molar-refractivity contribution is 7.25. The van der Waals surface area contributed by atoms with Gasteiger partial charge in [0, 0.05) is 55.5 Å². The molecule has 11 aromatic rings. The lowest BCUT2D eigenvalue weighted by molar-refractivity contribution is 0.589. The molecule has 0 amide bonds. The van der Waals surface area contributed by atoms with Crippen LogP contribution in [0, 0.1) is 6.92 Å². The molecule has 0 aliphatic carbocycles. The van der Waals surface area contributed by atoms with Gasteiger partial charge in [0.25, 0.3) is 0 Å². The van der Waals surface area contributed by atoms with Crippen molar-refractivity contribution in [1.82, 2.24) is 15.0 Å². The topological polar surface area (TPSA) is 38.7 Å². The average Bonchev–Trinajstić information content (AvgIpc) is 3.80. The van der Waals surface area contributed by atoms with Crippen molar-refractivity contribution in [2.24, 2.45) is 0 Å². The number of hydrogen-bond acceptors (Lipinski definition) is 4. The number of hydrogen-bond donors (Lipinski definition) is 0. The quantitative estimate of drug-likeness (QED) is 0.122. The summed E-state index contributed by atoms with van der Waals surface area (Å²) >= 11 is 1.87. The van der Waals surface area contributed by atoms with Gasteiger partial charge in [0.05, 0.1) is 17.1 Å². The largest absolute Gasteiger partial charge is 0.256 e. The molecule has 0 atom stereocenters. The Morgan fingerprint density at radius 2 is 0.878 bits per heavy atom. The zero-order valence-electron chi connectivity index (χ0n) is 43.7. The molecule has 4 aromatic heterocycles. The molecular weight excluding hydrogens is 915 g/mol. The number of pyridine rings is 3. The van der Waals surface area contributed by atoms with E-state index in [2.05, 4.69) is 237 Å². The van der Waals surface area contributed by atoms with E-state index in [-0.39, 0.29) is 10.8 Å². The molecule has 4 heterocycles. The molecule has 0 aliphatic heterocycles. The van der Waals surface area contributed by atoms with E-state index >= 15 is 0 Å². The Bertz CT molecular complexity index is 3670. The maximum atomic E-state index is 4.88. The van der Waals surface area contributed by atoms with E-state index in [1.165, 1.54) is 86.9 Å². The van der Waals surface area contributed by atoms with Crippen molar-refractivity contribution in [3.63, 3.8) is 0 Å².